The van der Waals surface area contributed by atoms with Crippen LogP contribution in [0.1, 0.15) is 27.2 Å². The summed E-state index contributed by atoms with van der Waals surface area (Å²) in [6.07, 6.45) is -3.67. The number of nitrogens with zero attached hydrogens (tertiary/aromatic N) is 2. The van der Waals surface area contributed by atoms with E-state index < -0.39 is 29.1 Å². The molecular weight excluding hydrogens is 526 g/mol. The van der Waals surface area contributed by atoms with Crippen LogP contribution in [0.2, 0.25) is 15.2 Å². The number of fused-ring (bicyclic) bond motifs is 1. The smallest absolute Gasteiger partial charge is 0.332 e. The minimum atomic E-state index is -4.96. The number of amides is 1. The van der Waals surface area contributed by atoms with Crippen LogP contribution in [0.5, 0.6) is 0 Å². The highest BCUT2D eigenvalue weighted by atomic mass is 35.5. The molecule has 1 amide bonds. The molecule has 0 spiro atoms. The van der Waals surface area contributed by atoms with E-state index in [0.717, 1.165) is 4.57 Å². The van der Waals surface area contributed by atoms with Gasteiger partial charge in [0.1, 0.15) is 10.8 Å². The highest BCUT2D eigenvalue weighted by Gasteiger charge is 2.42. The number of aromatic nitrogens is 2. The summed E-state index contributed by atoms with van der Waals surface area (Å²) in [7, 11) is 0. The number of benzene rings is 2. The lowest BCUT2D eigenvalue weighted by atomic mass is 10.0. The summed E-state index contributed by atoms with van der Waals surface area (Å²) in [5.41, 5.74) is -0.796. The second kappa shape index (κ2) is 9.53. The molecule has 11 heteroatoms. The quantitative estimate of drug-likeness (QED) is 0.165. The van der Waals surface area contributed by atoms with Gasteiger partial charge in [-0.2, -0.15) is 13.2 Å². The number of hydrogen-bond acceptors (Lipinski definition) is 3. The molecule has 1 N–H and O–H groups in total. The summed E-state index contributed by atoms with van der Waals surface area (Å²) < 4.78 is 44.2. The van der Waals surface area contributed by atoms with Gasteiger partial charge in [-0.05, 0) is 48.9 Å². The van der Waals surface area contributed by atoms with Gasteiger partial charge >= 0.3 is 6.18 Å². The van der Waals surface area contributed by atoms with Crippen LogP contribution in [0.25, 0.3) is 10.9 Å². The SMILES string of the molecule is Cc1ccc2c(c1)c(C(=O)C(=O)Nc1ccnc(Cl)c1)c(C(F)(F)F)n2Cc1ccc(Cl)cc1Cl. The van der Waals surface area contributed by atoms with Crippen molar-refractivity contribution in [2.24, 2.45) is 0 Å². The third-order valence-corrected chi connectivity index (χ3v) is 6.04. The van der Waals surface area contributed by atoms with E-state index >= 15 is 0 Å². The van der Waals surface area contributed by atoms with E-state index in [1.54, 1.807) is 13.0 Å². The standard InChI is InChI=1S/C24H15Cl3F3N3O2/c1-12-2-5-18-16(8-12)20(21(34)23(35)32-15-6-7-31-19(27)10-15)22(24(28,29)30)33(18)11-13-3-4-14(25)9-17(13)26/h2-10H,11H2,1H3,(H,31,32,35). The molecule has 0 fully saturated rings. The third kappa shape index (κ3) is 5.15. The van der Waals surface area contributed by atoms with Crippen LogP contribution in [-0.2, 0) is 17.5 Å². The molecule has 0 unspecified atom stereocenters. The monoisotopic (exact) mass is 539 g/mol. The molecular formula is C24H15Cl3F3N3O2. The topological polar surface area (TPSA) is 64.0 Å². The number of nitrogens with one attached hydrogen (secondary N) is 1. The molecule has 180 valence electrons. The highest BCUT2D eigenvalue weighted by Crippen LogP contribution is 2.40. The summed E-state index contributed by atoms with van der Waals surface area (Å²) in [6.45, 7) is 1.37. The van der Waals surface area contributed by atoms with Gasteiger partial charge in [0, 0.05) is 39.4 Å². The van der Waals surface area contributed by atoms with Crippen molar-refractivity contribution in [1.82, 2.24) is 9.55 Å². The Bertz CT molecular complexity index is 1480. The molecule has 0 saturated heterocycles. The summed E-state index contributed by atoms with van der Waals surface area (Å²) in [6, 6.07) is 11.6. The first-order valence-electron chi connectivity index (χ1n) is 10.1. The van der Waals surface area contributed by atoms with Crippen LogP contribution in [0.3, 0.4) is 0 Å². The molecule has 0 aliphatic heterocycles. The van der Waals surface area contributed by atoms with Crippen molar-refractivity contribution in [2.45, 2.75) is 19.6 Å². The molecule has 0 aliphatic carbocycles. The van der Waals surface area contributed by atoms with E-state index in [1.165, 1.54) is 48.7 Å². The van der Waals surface area contributed by atoms with Crippen LogP contribution in [0, 0.1) is 6.92 Å². The number of carbonyl (C=O) groups is 2. The van der Waals surface area contributed by atoms with Crippen molar-refractivity contribution in [3.8, 4) is 0 Å². The maximum Gasteiger partial charge on any atom is 0.432 e. The zero-order chi connectivity index (χ0) is 25.5. The normalized spacial score (nSPS) is 11.6. The van der Waals surface area contributed by atoms with Gasteiger partial charge in [0.2, 0.25) is 0 Å². The maximum absolute atomic E-state index is 14.4. The summed E-state index contributed by atoms with van der Waals surface area (Å²) in [5, 5.41) is 2.82. The molecule has 0 atom stereocenters. The Morgan fingerprint density at radius 2 is 1.77 bits per heavy atom. The average molecular weight is 541 g/mol. The fraction of sp³-hybridized carbons (Fsp3) is 0.125. The molecule has 4 aromatic rings. The van der Waals surface area contributed by atoms with Gasteiger partial charge in [-0.25, -0.2) is 4.98 Å². The van der Waals surface area contributed by atoms with Crippen molar-refractivity contribution >= 4 is 63.1 Å². The van der Waals surface area contributed by atoms with Crippen LogP contribution in [0.15, 0.2) is 54.7 Å². The zero-order valence-corrected chi connectivity index (χ0v) is 20.1. The first-order valence-corrected chi connectivity index (χ1v) is 11.2. The Kier molecular flexibility index (Phi) is 6.81. The number of carbonyl (C=O) groups excluding carboxylic acids is 2. The Hall–Kier alpha value is -3.07. The minimum absolute atomic E-state index is 0.00433. The predicted molar refractivity (Wildman–Crippen MR) is 129 cm³/mol. The van der Waals surface area contributed by atoms with Gasteiger partial charge in [-0.15, -0.1) is 0 Å². The maximum atomic E-state index is 14.4. The molecule has 2 aromatic carbocycles. The molecule has 0 bridgehead atoms. The number of aryl methyl sites for hydroxylation is 1. The third-order valence-electron chi connectivity index (χ3n) is 5.25. The lowest BCUT2D eigenvalue weighted by Gasteiger charge is -2.15. The van der Waals surface area contributed by atoms with E-state index in [9.17, 15) is 22.8 Å². The number of ketones is 1. The summed E-state index contributed by atoms with van der Waals surface area (Å²) in [4.78, 5) is 29.7. The second-order valence-corrected chi connectivity index (χ2v) is 8.95. The fourth-order valence-corrected chi connectivity index (χ4v) is 4.40. The Morgan fingerprint density at radius 1 is 1.03 bits per heavy atom. The Balaban J connectivity index is 1.90. The van der Waals surface area contributed by atoms with Crippen LogP contribution in [-0.4, -0.2) is 21.2 Å². The second-order valence-electron chi connectivity index (χ2n) is 7.71. The molecule has 0 saturated carbocycles. The largest absolute Gasteiger partial charge is 0.432 e. The molecule has 0 radical (unpaired) electrons. The van der Waals surface area contributed by atoms with Crippen molar-refractivity contribution < 1.29 is 22.8 Å². The molecule has 5 nitrogen and oxygen atoms in total. The summed E-state index contributed by atoms with van der Waals surface area (Å²) in [5.74, 6) is -2.59. The number of Topliss-reactive ketones (excluding diaryl/α,β-unsaturated/α-hetero) is 1. The van der Waals surface area contributed by atoms with Crippen molar-refractivity contribution in [3.63, 3.8) is 0 Å². The number of alkyl halides is 3. The zero-order valence-electron chi connectivity index (χ0n) is 17.9. The van der Waals surface area contributed by atoms with Crippen LogP contribution in [0.4, 0.5) is 18.9 Å². The molecule has 2 aromatic heterocycles. The summed E-state index contributed by atoms with van der Waals surface area (Å²) >= 11 is 17.9. The van der Waals surface area contributed by atoms with E-state index in [-0.39, 0.29) is 33.3 Å². The molecule has 35 heavy (non-hydrogen) atoms. The van der Waals surface area contributed by atoms with Gasteiger partial charge in [-0.3, -0.25) is 9.59 Å². The number of rotatable bonds is 5. The Labute approximate surface area is 212 Å². The fourth-order valence-electron chi connectivity index (χ4n) is 3.76. The first-order chi connectivity index (χ1) is 16.5. The Morgan fingerprint density at radius 3 is 2.43 bits per heavy atom. The number of hydrogen-bond donors (Lipinski definition) is 1. The van der Waals surface area contributed by atoms with Crippen LogP contribution < -0.4 is 5.32 Å². The van der Waals surface area contributed by atoms with Gasteiger partial charge < -0.3 is 9.88 Å². The van der Waals surface area contributed by atoms with E-state index in [1.807, 2.05) is 0 Å². The highest BCUT2D eigenvalue weighted by molar-refractivity contribution is 6.49. The van der Waals surface area contributed by atoms with Gasteiger partial charge in [0.25, 0.3) is 11.7 Å². The van der Waals surface area contributed by atoms with E-state index in [4.69, 9.17) is 34.8 Å². The number of pyridine rings is 1. The van der Waals surface area contributed by atoms with Crippen molar-refractivity contribution in [2.75, 3.05) is 5.32 Å². The number of anilines is 1. The first kappa shape index (κ1) is 25.0. The molecule has 2 heterocycles. The number of halogens is 6. The van der Waals surface area contributed by atoms with E-state index in [2.05, 4.69) is 10.3 Å². The van der Waals surface area contributed by atoms with Crippen molar-refractivity contribution in [1.29, 1.82) is 0 Å². The van der Waals surface area contributed by atoms with Crippen LogP contribution >= 0.6 is 34.8 Å². The molecule has 4 rings (SSSR count). The lowest BCUT2D eigenvalue weighted by molar-refractivity contribution is -0.143. The van der Waals surface area contributed by atoms with E-state index in [0.29, 0.717) is 16.1 Å². The van der Waals surface area contributed by atoms with Gasteiger partial charge in [-0.1, -0.05) is 52.5 Å². The predicted octanol–water partition coefficient (Wildman–Crippen LogP) is 7.19. The molecule has 0 aliphatic rings. The van der Waals surface area contributed by atoms with Gasteiger partial charge in [0.15, 0.2) is 0 Å². The minimum Gasteiger partial charge on any atom is -0.332 e. The lowest BCUT2D eigenvalue weighted by Crippen LogP contribution is -2.26. The average Bonchev–Trinajstić information content (AvgIpc) is 3.08. The van der Waals surface area contributed by atoms with Gasteiger partial charge in [0.05, 0.1) is 5.56 Å². The van der Waals surface area contributed by atoms with Crippen molar-refractivity contribution in [3.05, 3.63) is 92.3 Å².